The van der Waals surface area contributed by atoms with Crippen LogP contribution in [0.4, 0.5) is 9.59 Å². The average Bonchev–Trinajstić information content (AvgIpc) is 2.83. The molecule has 0 saturated carbocycles. The van der Waals surface area contributed by atoms with E-state index in [2.05, 4.69) is 20.6 Å². The maximum atomic E-state index is 13.6. The van der Waals surface area contributed by atoms with E-state index in [1.54, 1.807) is 20.8 Å². The molecular weight excluding hydrogens is 554 g/mol. The highest BCUT2D eigenvalue weighted by molar-refractivity contribution is 5.81. The minimum Gasteiger partial charge on any atom is -0.444 e. The minimum atomic E-state index is -0.725. The minimum absolute atomic E-state index is 0.00608. The molecule has 0 saturated heterocycles. The number of hydrogen-bond acceptors (Lipinski definition) is 8. The van der Waals surface area contributed by atoms with Gasteiger partial charge < -0.3 is 29.2 Å². The zero-order valence-electron chi connectivity index (χ0n) is 27.1. The van der Waals surface area contributed by atoms with Crippen LogP contribution in [0.3, 0.4) is 0 Å². The Bertz CT molecular complexity index is 1580. The van der Waals surface area contributed by atoms with E-state index < -0.39 is 34.6 Å². The first kappa shape index (κ1) is 33.5. The summed E-state index contributed by atoms with van der Waals surface area (Å²) in [5.74, 6) is 0.203. The third-order valence-corrected chi connectivity index (χ3v) is 6.78. The van der Waals surface area contributed by atoms with Crippen molar-refractivity contribution < 1.29 is 23.5 Å². The van der Waals surface area contributed by atoms with Crippen molar-refractivity contribution in [2.45, 2.75) is 79.7 Å². The molecule has 2 aliphatic rings. The summed E-state index contributed by atoms with van der Waals surface area (Å²) in [6, 6.07) is 3.91. The molecule has 1 aromatic carbocycles. The number of likely N-dealkylation sites (N-methyl/N-ethyl adjacent to an activating group) is 1. The van der Waals surface area contributed by atoms with Crippen molar-refractivity contribution in [3.05, 3.63) is 44.1 Å². The van der Waals surface area contributed by atoms with Crippen molar-refractivity contribution in [2.24, 2.45) is 0 Å². The third kappa shape index (κ3) is 9.24. The number of amides is 2. The van der Waals surface area contributed by atoms with Gasteiger partial charge in [-0.25, -0.2) is 19.4 Å². The number of alkyl carbamates (subject to hydrolysis) is 2. The number of rotatable bonds is 9. The Kier molecular flexibility index (Phi) is 9.90. The van der Waals surface area contributed by atoms with E-state index in [-0.39, 0.29) is 24.6 Å². The second-order valence-electron chi connectivity index (χ2n) is 13.5. The molecule has 2 heterocycles. The van der Waals surface area contributed by atoms with Crippen LogP contribution in [0, 0.1) is 13.8 Å². The fraction of sp³-hybridized carbons (Fsp3) is 0.600. The van der Waals surface area contributed by atoms with Crippen LogP contribution >= 0.6 is 0 Å². The summed E-state index contributed by atoms with van der Waals surface area (Å²) in [5, 5.41) is 5.36. The lowest BCUT2D eigenvalue weighted by Gasteiger charge is -2.31. The lowest BCUT2D eigenvalue weighted by Crippen LogP contribution is -2.48. The van der Waals surface area contributed by atoms with Crippen molar-refractivity contribution in [1.29, 1.82) is 0 Å². The monoisotopic (exact) mass is 600 g/mol. The molecular formula is C30H46N7O6+. The number of carbonyl (C=O) groups is 2. The summed E-state index contributed by atoms with van der Waals surface area (Å²) in [6.07, 6.45) is -1.11. The van der Waals surface area contributed by atoms with Crippen molar-refractivity contribution in [2.75, 3.05) is 40.3 Å². The Hall–Kier alpha value is -4.00. The van der Waals surface area contributed by atoms with Crippen LogP contribution in [0.1, 0.15) is 52.7 Å². The molecule has 0 radical (unpaired) electrons. The molecule has 0 fully saturated rings. The fourth-order valence-corrected chi connectivity index (χ4v) is 4.39. The van der Waals surface area contributed by atoms with Gasteiger partial charge in [-0.05, 0) is 78.6 Å². The molecule has 1 aromatic rings. The first-order valence-electron chi connectivity index (χ1n) is 14.4. The first-order chi connectivity index (χ1) is 19.8. The number of carbonyl (C=O) groups excluding carboxylic acids is 2. The van der Waals surface area contributed by atoms with Crippen molar-refractivity contribution in [3.63, 3.8) is 0 Å². The topological polar surface area (TPSA) is 146 Å². The van der Waals surface area contributed by atoms with Crippen LogP contribution in [-0.4, -0.2) is 87.2 Å². The number of aryl methyl sites for hydroxylation is 2. The van der Waals surface area contributed by atoms with Gasteiger partial charge in [0.25, 0.3) is 5.56 Å². The molecule has 3 rings (SSSR count). The Labute approximate surface area is 252 Å². The number of nitrogens with zero attached hydrogens (tertiary/aromatic N) is 5. The zero-order chi connectivity index (χ0) is 32.3. The second-order valence-corrected chi connectivity index (χ2v) is 13.5. The molecule has 0 spiro atoms. The quantitative estimate of drug-likeness (QED) is 0.282. The van der Waals surface area contributed by atoms with E-state index in [9.17, 15) is 19.2 Å². The van der Waals surface area contributed by atoms with Crippen molar-refractivity contribution in [3.8, 4) is 11.5 Å². The summed E-state index contributed by atoms with van der Waals surface area (Å²) >= 11 is 0. The first-order valence-corrected chi connectivity index (χ1v) is 14.4. The van der Waals surface area contributed by atoms with Crippen LogP contribution in [0.2, 0.25) is 0 Å². The molecule has 0 aromatic heterocycles. The van der Waals surface area contributed by atoms with E-state index >= 15 is 0 Å². The Morgan fingerprint density at radius 3 is 1.95 bits per heavy atom. The standard InChI is InChI=1S/C30H45N7O6/c1-19-17-21-22(18-20(19)2)35(14-16-37(9,10)15-12-32-28(41)43-30(6,7)8)24-23(33-21)25(38)36(26(39)34-24)13-11-31-27(40)42-29(3,4)5/h17-18H,11-16H2,1-10H3,(H-,31,32,40,41)/p+1. The van der Waals surface area contributed by atoms with Gasteiger partial charge in [0, 0.05) is 13.1 Å². The Morgan fingerprint density at radius 2 is 1.37 bits per heavy atom. The number of ether oxygens (including phenoxy) is 2. The normalized spacial score (nSPS) is 12.4. The average molecular weight is 601 g/mol. The predicted molar refractivity (Wildman–Crippen MR) is 164 cm³/mol. The molecule has 2 N–H and O–H groups in total. The highest BCUT2D eigenvalue weighted by atomic mass is 16.6. The summed E-state index contributed by atoms with van der Waals surface area (Å²) in [5.41, 5.74) is 0.957. The molecule has 13 heteroatoms. The van der Waals surface area contributed by atoms with E-state index in [0.717, 1.165) is 21.2 Å². The number of benzene rings is 1. The van der Waals surface area contributed by atoms with Gasteiger partial charge in [-0.15, -0.1) is 0 Å². The highest BCUT2D eigenvalue weighted by Crippen LogP contribution is 2.24. The molecule has 0 aliphatic carbocycles. The molecule has 0 atom stereocenters. The van der Waals surface area contributed by atoms with Crippen LogP contribution in [-0.2, 0) is 22.6 Å². The van der Waals surface area contributed by atoms with E-state index in [0.29, 0.717) is 36.2 Å². The molecule has 236 valence electrons. The summed E-state index contributed by atoms with van der Waals surface area (Å²) < 4.78 is 13.9. The van der Waals surface area contributed by atoms with Crippen molar-refractivity contribution in [1.82, 2.24) is 29.7 Å². The third-order valence-electron chi connectivity index (χ3n) is 6.78. The van der Waals surface area contributed by atoms with Gasteiger partial charge in [0.1, 0.15) is 11.2 Å². The smallest absolute Gasteiger partial charge is 0.407 e. The molecule has 2 amide bonds. The SMILES string of the molecule is Cc1cc2nc3c(=O)n(CCNC(=O)OC(C)(C)C)c(=O)nc-3n(CC[N+](C)(C)CCNC(=O)OC(C)(C)C)c2cc1C. The van der Waals surface area contributed by atoms with Gasteiger partial charge in [0.2, 0.25) is 0 Å². The van der Waals surface area contributed by atoms with Crippen LogP contribution in [0.5, 0.6) is 0 Å². The number of aromatic nitrogens is 4. The zero-order valence-corrected chi connectivity index (χ0v) is 27.1. The molecule has 13 nitrogen and oxygen atoms in total. The number of fused-ring (bicyclic) bond motifs is 2. The predicted octanol–water partition coefficient (Wildman–Crippen LogP) is 2.80. The second kappa shape index (κ2) is 12.7. The summed E-state index contributed by atoms with van der Waals surface area (Å²) in [6.45, 7) is 16.6. The summed E-state index contributed by atoms with van der Waals surface area (Å²) in [4.78, 5) is 59.7. The molecule has 2 aliphatic heterocycles. The van der Waals surface area contributed by atoms with Crippen molar-refractivity contribution >= 4 is 23.2 Å². The van der Waals surface area contributed by atoms with E-state index in [4.69, 9.17) is 9.47 Å². The molecule has 43 heavy (non-hydrogen) atoms. The molecule has 0 bridgehead atoms. The lowest BCUT2D eigenvalue weighted by molar-refractivity contribution is -0.889. The van der Waals surface area contributed by atoms with Gasteiger partial charge in [0.15, 0.2) is 11.5 Å². The lowest BCUT2D eigenvalue weighted by atomic mass is 10.1. The van der Waals surface area contributed by atoms with Gasteiger partial charge >= 0.3 is 17.9 Å². The maximum absolute atomic E-state index is 13.6. The number of quaternary nitrogens is 1. The Morgan fingerprint density at radius 1 is 0.814 bits per heavy atom. The maximum Gasteiger partial charge on any atom is 0.407 e. The van der Waals surface area contributed by atoms with Gasteiger partial charge in [-0.2, -0.15) is 4.98 Å². The van der Waals surface area contributed by atoms with Crippen LogP contribution in [0.15, 0.2) is 21.7 Å². The van der Waals surface area contributed by atoms with Gasteiger partial charge in [-0.1, -0.05) is 0 Å². The van der Waals surface area contributed by atoms with E-state index in [1.807, 2.05) is 65.4 Å². The fourth-order valence-electron chi connectivity index (χ4n) is 4.39. The highest BCUT2D eigenvalue weighted by Gasteiger charge is 2.25. The van der Waals surface area contributed by atoms with Crippen LogP contribution in [0.25, 0.3) is 22.6 Å². The van der Waals surface area contributed by atoms with Crippen LogP contribution < -0.4 is 21.9 Å². The largest absolute Gasteiger partial charge is 0.444 e. The van der Waals surface area contributed by atoms with E-state index in [1.165, 1.54) is 0 Å². The van der Waals surface area contributed by atoms with Gasteiger partial charge in [-0.3, -0.25) is 9.36 Å². The molecule has 0 unspecified atom stereocenters. The number of nitrogens with one attached hydrogen (secondary N) is 2. The van der Waals surface area contributed by atoms with Gasteiger partial charge in [0.05, 0.1) is 51.3 Å². The summed E-state index contributed by atoms with van der Waals surface area (Å²) in [7, 11) is 4.07. The number of hydrogen-bond donors (Lipinski definition) is 2. The Balaban J connectivity index is 1.90.